The van der Waals surface area contributed by atoms with Gasteiger partial charge >= 0.3 is 11.8 Å². The fourth-order valence-corrected chi connectivity index (χ4v) is 5.70. The van der Waals surface area contributed by atoms with Crippen LogP contribution in [-0.4, -0.2) is 130 Å². The van der Waals surface area contributed by atoms with E-state index in [2.05, 4.69) is 11.4 Å². The van der Waals surface area contributed by atoms with Crippen molar-refractivity contribution in [2.75, 3.05) is 46.4 Å². The zero-order valence-corrected chi connectivity index (χ0v) is 22.5. The minimum Gasteiger partial charge on any atom is -0.388 e. The van der Waals surface area contributed by atoms with Crippen molar-refractivity contribution >= 4 is 17.7 Å². The molecule has 0 aliphatic carbocycles. The summed E-state index contributed by atoms with van der Waals surface area (Å²) in [5.41, 5.74) is -0.386. The Morgan fingerprint density at radius 3 is 2.50 bits per heavy atom. The molecule has 13 nitrogen and oxygen atoms in total. The SMILES string of the molecule is CN(CC12OCC(O)C(O)C1OC(C)(C)O2)C(=O)C(=O)N1CCC(C)(NCC(=O)N2CCCC2C#N)CC1. The summed E-state index contributed by atoms with van der Waals surface area (Å²) in [6, 6.07) is 1.81. The fraction of sp³-hybridized carbons (Fsp3) is 0.840. The first-order valence-corrected chi connectivity index (χ1v) is 13.2. The Labute approximate surface area is 222 Å². The number of carbonyl (C=O) groups is 3. The molecule has 0 aromatic carbocycles. The molecular formula is C25H39N5O8. The van der Waals surface area contributed by atoms with Crippen LogP contribution in [0.15, 0.2) is 0 Å². The molecule has 4 rings (SSSR count). The second-order valence-corrected chi connectivity index (χ2v) is 11.5. The third kappa shape index (κ3) is 5.66. The van der Waals surface area contributed by atoms with Crippen molar-refractivity contribution in [3.63, 3.8) is 0 Å². The molecule has 0 saturated carbocycles. The highest BCUT2D eigenvalue weighted by Gasteiger charge is 2.62. The lowest BCUT2D eigenvalue weighted by atomic mass is 9.89. The predicted octanol–water partition coefficient (Wildman–Crippen LogP) is -1.47. The molecule has 4 heterocycles. The van der Waals surface area contributed by atoms with E-state index in [4.69, 9.17) is 14.2 Å². The van der Waals surface area contributed by atoms with Crippen molar-refractivity contribution in [3.8, 4) is 6.07 Å². The zero-order valence-electron chi connectivity index (χ0n) is 22.5. The number of nitrogens with one attached hydrogen (secondary N) is 1. The molecule has 0 bridgehead atoms. The lowest BCUT2D eigenvalue weighted by molar-refractivity contribution is -0.295. The number of hydrogen-bond donors (Lipinski definition) is 3. The van der Waals surface area contributed by atoms with Gasteiger partial charge in [-0.3, -0.25) is 14.4 Å². The molecule has 0 radical (unpaired) electrons. The zero-order chi connectivity index (χ0) is 27.9. The molecular weight excluding hydrogens is 498 g/mol. The van der Waals surface area contributed by atoms with Gasteiger partial charge in [0, 0.05) is 32.2 Å². The van der Waals surface area contributed by atoms with Crippen LogP contribution in [0.1, 0.15) is 46.5 Å². The van der Waals surface area contributed by atoms with Gasteiger partial charge in [0.1, 0.15) is 24.4 Å². The lowest BCUT2D eigenvalue weighted by Gasteiger charge is -2.43. The number of aliphatic hydroxyl groups excluding tert-OH is 2. The van der Waals surface area contributed by atoms with Crippen LogP contribution < -0.4 is 5.32 Å². The van der Waals surface area contributed by atoms with Crippen LogP contribution in [-0.2, 0) is 28.6 Å². The Morgan fingerprint density at radius 2 is 1.84 bits per heavy atom. The molecule has 0 aromatic rings. The van der Waals surface area contributed by atoms with Gasteiger partial charge in [-0.15, -0.1) is 0 Å². The van der Waals surface area contributed by atoms with E-state index in [1.807, 2.05) is 6.92 Å². The number of fused-ring (bicyclic) bond motifs is 1. The van der Waals surface area contributed by atoms with E-state index in [0.29, 0.717) is 38.9 Å². The molecule has 5 atom stereocenters. The summed E-state index contributed by atoms with van der Waals surface area (Å²) in [4.78, 5) is 43.0. The van der Waals surface area contributed by atoms with E-state index in [0.717, 1.165) is 6.42 Å². The number of rotatable bonds is 5. The summed E-state index contributed by atoms with van der Waals surface area (Å²) in [6.45, 7) is 6.27. The van der Waals surface area contributed by atoms with Crippen LogP contribution in [0.25, 0.3) is 0 Å². The van der Waals surface area contributed by atoms with Crippen LogP contribution in [0.4, 0.5) is 0 Å². The van der Waals surface area contributed by atoms with Gasteiger partial charge < -0.3 is 44.4 Å². The Hall–Kier alpha value is -2.34. The first-order valence-electron chi connectivity index (χ1n) is 13.2. The maximum atomic E-state index is 13.1. The smallest absolute Gasteiger partial charge is 0.312 e. The van der Waals surface area contributed by atoms with E-state index >= 15 is 0 Å². The fourth-order valence-electron chi connectivity index (χ4n) is 5.70. The highest BCUT2D eigenvalue weighted by molar-refractivity contribution is 6.34. The number of nitriles is 1. The molecule has 13 heteroatoms. The van der Waals surface area contributed by atoms with Gasteiger partial charge in [0.15, 0.2) is 5.79 Å². The van der Waals surface area contributed by atoms with Crippen LogP contribution in [0, 0.1) is 11.3 Å². The van der Waals surface area contributed by atoms with E-state index < -0.39 is 41.7 Å². The Balaban J connectivity index is 1.30. The van der Waals surface area contributed by atoms with Crippen molar-refractivity contribution in [2.45, 2.75) is 87.9 Å². The number of likely N-dealkylation sites (tertiary alicyclic amines) is 2. The molecule has 0 spiro atoms. The van der Waals surface area contributed by atoms with Crippen molar-refractivity contribution < 1.29 is 38.8 Å². The van der Waals surface area contributed by atoms with Gasteiger partial charge in [-0.25, -0.2) is 0 Å². The number of nitrogens with zero attached hydrogens (tertiary/aromatic N) is 4. The van der Waals surface area contributed by atoms with Crippen LogP contribution >= 0.6 is 0 Å². The number of piperidine rings is 1. The molecule has 4 aliphatic heterocycles. The molecule has 0 aromatic heterocycles. The van der Waals surface area contributed by atoms with Crippen molar-refractivity contribution in [1.29, 1.82) is 5.26 Å². The van der Waals surface area contributed by atoms with Gasteiger partial charge in [-0.1, -0.05) is 0 Å². The summed E-state index contributed by atoms with van der Waals surface area (Å²) in [7, 11) is 1.45. The summed E-state index contributed by atoms with van der Waals surface area (Å²) in [5, 5.41) is 33.0. The number of ether oxygens (including phenoxy) is 3. The molecule has 212 valence electrons. The molecule has 4 fully saturated rings. The van der Waals surface area contributed by atoms with Gasteiger partial charge in [0.2, 0.25) is 11.7 Å². The average molecular weight is 538 g/mol. The van der Waals surface area contributed by atoms with Crippen molar-refractivity contribution in [1.82, 2.24) is 20.0 Å². The van der Waals surface area contributed by atoms with Crippen LogP contribution in [0.5, 0.6) is 0 Å². The largest absolute Gasteiger partial charge is 0.388 e. The predicted molar refractivity (Wildman–Crippen MR) is 131 cm³/mol. The standard InChI is InChI=1S/C25H39N5O8/c1-23(2)37-20-19(33)17(31)14-36-25(20,38-23)15-28(4)21(34)22(35)29-10-7-24(3,8-11-29)27-13-18(32)30-9-5-6-16(30)12-26/h16-17,19-20,27,31,33H,5-11,13-15H2,1-4H3. The summed E-state index contributed by atoms with van der Waals surface area (Å²) < 4.78 is 17.4. The van der Waals surface area contributed by atoms with Gasteiger partial charge in [-0.05, 0) is 46.5 Å². The molecule has 38 heavy (non-hydrogen) atoms. The summed E-state index contributed by atoms with van der Waals surface area (Å²) in [6.07, 6.45) is -0.854. The Bertz CT molecular complexity index is 977. The second-order valence-electron chi connectivity index (χ2n) is 11.5. The molecule has 4 aliphatic rings. The van der Waals surface area contributed by atoms with Gasteiger partial charge in [-0.2, -0.15) is 5.26 Å². The topological polar surface area (TPSA) is 165 Å². The maximum absolute atomic E-state index is 13.1. The van der Waals surface area contributed by atoms with E-state index in [9.17, 15) is 29.9 Å². The van der Waals surface area contributed by atoms with Gasteiger partial charge in [0.05, 0.1) is 25.8 Å². The minimum atomic E-state index is -1.52. The van der Waals surface area contributed by atoms with Crippen LogP contribution in [0.3, 0.4) is 0 Å². The average Bonchev–Trinajstić information content (AvgIpc) is 3.46. The third-order valence-corrected chi connectivity index (χ3v) is 8.00. The second kappa shape index (κ2) is 10.7. The quantitative estimate of drug-likeness (QED) is 0.353. The van der Waals surface area contributed by atoms with Crippen molar-refractivity contribution in [2.24, 2.45) is 0 Å². The van der Waals surface area contributed by atoms with Crippen molar-refractivity contribution in [3.05, 3.63) is 0 Å². The molecule has 3 amide bonds. The molecule has 5 unspecified atom stereocenters. The highest BCUT2D eigenvalue weighted by Crippen LogP contribution is 2.42. The highest BCUT2D eigenvalue weighted by atomic mass is 16.8. The lowest BCUT2D eigenvalue weighted by Crippen LogP contribution is -2.64. The number of aliphatic hydroxyl groups is 2. The number of likely N-dealkylation sites (N-methyl/N-ethyl adjacent to an activating group) is 1. The van der Waals surface area contributed by atoms with E-state index in [-0.39, 0.29) is 37.2 Å². The maximum Gasteiger partial charge on any atom is 0.312 e. The normalized spacial score (nSPS) is 33.9. The van der Waals surface area contributed by atoms with Gasteiger partial charge in [0.25, 0.3) is 0 Å². The number of carbonyl (C=O) groups excluding carboxylic acids is 3. The monoisotopic (exact) mass is 537 g/mol. The third-order valence-electron chi connectivity index (χ3n) is 8.00. The number of hydrogen-bond acceptors (Lipinski definition) is 10. The minimum absolute atomic E-state index is 0.105. The Kier molecular flexibility index (Phi) is 8.05. The molecule has 3 N–H and O–H groups in total. The molecule has 4 saturated heterocycles. The summed E-state index contributed by atoms with van der Waals surface area (Å²) >= 11 is 0. The Morgan fingerprint density at radius 1 is 1.16 bits per heavy atom. The summed E-state index contributed by atoms with van der Waals surface area (Å²) in [5.74, 6) is -4.17. The van der Waals surface area contributed by atoms with E-state index in [1.54, 1.807) is 18.7 Å². The first-order chi connectivity index (χ1) is 17.8. The first kappa shape index (κ1) is 28.7. The number of amides is 3. The van der Waals surface area contributed by atoms with E-state index in [1.165, 1.54) is 16.8 Å². The van der Waals surface area contributed by atoms with Crippen LogP contribution in [0.2, 0.25) is 0 Å².